The summed E-state index contributed by atoms with van der Waals surface area (Å²) in [6, 6.07) is 6.29. The van der Waals surface area contributed by atoms with Crippen molar-refractivity contribution in [3.05, 3.63) is 34.4 Å². The number of hydrogen-bond acceptors (Lipinski definition) is 1. The van der Waals surface area contributed by atoms with Crippen LogP contribution in [-0.4, -0.2) is 11.1 Å². The van der Waals surface area contributed by atoms with Crippen LogP contribution in [0.3, 0.4) is 0 Å². The van der Waals surface area contributed by atoms with Gasteiger partial charge in [-0.15, -0.1) is 0 Å². The second-order valence-electron chi connectivity index (χ2n) is 3.97. The van der Waals surface area contributed by atoms with Crippen molar-refractivity contribution in [2.75, 3.05) is 6.54 Å². The van der Waals surface area contributed by atoms with Gasteiger partial charge in [0.25, 0.3) is 0 Å². The molecule has 1 aromatic carbocycles. The van der Waals surface area contributed by atoms with Crippen molar-refractivity contribution in [3.63, 3.8) is 0 Å². The molecule has 0 saturated heterocycles. The van der Waals surface area contributed by atoms with E-state index in [1.165, 1.54) is 16.5 Å². The third-order valence-electron chi connectivity index (χ3n) is 2.87. The number of halogens is 1. The highest BCUT2D eigenvalue weighted by Gasteiger charge is 2.12. The van der Waals surface area contributed by atoms with Crippen molar-refractivity contribution in [2.45, 2.75) is 12.8 Å². The zero-order valence-electron chi connectivity index (χ0n) is 9.00. The number of nitrogens with zero attached hydrogens (tertiary/aromatic N) is 1. The van der Waals surface area contributed by atoms with Crippen molar-refractivity contribution in [1.82, 2.24) is 4.57 Å². The number of nitrogens with two attached hydrogens (primary N) is 1. The molecule has 0 aliphatic carbocycles. The molecule has 0 aliphatic heterocycles. The van der Waals surface area contributed by atoms with Gasteiger partial charge < -0.3 is 10.3 Å². The number of hydrogen-bond donors (Lipinski definition) is 1. The van der Waals surface area contributed by atoms with E-state index in [9.17, 15) is 0 Å². The Kier molecular flexibility index (Phi) is 2.85. The lowest BCUT2D eigenvalue weighted by molar-refractivity contribution is 0.774. The highest BCUT2D eigenvalue weighted by molar-refractivity contribution is 9.10. The molecule has 1 aromatic heterocycles. The number of fused-ring (bicyclic) bond motifs is 1. The van der Waals surface area contributed by atoms with Crippen LogP contribution in [0.15, 0.2) is 28.9 Å². The number of aryl methyl sites for hydroxylation is 1. The monoisotopic (exact) mass is 266 g/mol. The predicted octanol–water partition coefficient (Wildman–Crippen LogP) is 3.00. The summed E-state index contributed by atoms with van der Waals surface area (Å²) >= 11 is 3.58. The highest BCUT2D eigenvalue weighted by atomic mass is 79.9. The highest BCUT2D eigenvalue weighted by Crippen LogP contribution is 2.31. The lowest BCUT2D eigenvalue weighted by atomic mass is 10.0. The van der Waals surface area contributed by atoms with Gasteiger partial charge in [-0.1, -0.05) is 19.1 Å². The second-order valence-corrected chi connectivity index (χ2v) is 4.82. The van der Waals surface area contributed by atoms with E-state index in [1.54, 1.807) is 0 Å². The zero-order chi connectivity index (χ0) is 11.0. The molecule has 1 heterocycles. The molecule has 0 bridgehead atoms. The first kappa shape index (κ1) is 10.7. The maximum Gasteiger partial charge on any atom is 0.0625 e. The van der Waals surface area contributed by atoms with Gasteiger partial charge in [-0.05, 0) is 40.0 Å². The van der Waals surface area contributed by atoms with Crippen LogP contribution in [0.5, 0.6) is 0 Å². The molecule has 2 N–H and O–H groups in total. The van der Waals surface area contributed by atoms with Crippen LogP contribution >= 0.6 is 15.9 Å². The Bertz CT molecular complexity index is 488. The Morgan fingerprint density at radius 1 is 1.47 bits per heavy atom. The fourth-order valence-electron chi connectivity index (χ4n) is 1.97. The van der Waals surface area contributed by atoms with Gasteiger partial charge in [-0.3, -0.25) is 0 Å². The Balaban J connectivity index is 2.73. The standard InChI is InChI=1S/C12H15BrN2/c1-8(6-14)10-7-15(2)12-9(10)4-3-5-11(12)13/h3-5,7-8H,6,14H2,1-2H3. The average Bonchev–Trinajstić information content (AvgIpc) is 2.56. The average molecular weight is 267 g/mol. The molecule has 3 heteroatoms. The summed E-state index contributed by atoms with van der Waals surface area (Å²) in [6.45, 7) is 2.85. The summed E-state index contributed by atoms with van der Waals surface area (Å²) in [7, 11) is 2.07. The minimum absolute atomic E-state index is 0.406. The van der Waals surface area contributed by atoms with Crippen molar-refractivity contribution >= 4 is 26.8 Å². The summed E-state index contributed by atoms with van der Waals surface area (Å²) in [6.07, 6.45) is 2.17. The van der Waals surface area contributed by atoms with E-state index in [4.69, 9.17) is 5.73 Å². The van der Waals surface area contributed by atoms with Crippen LogP contribution in [0.2, 0.25) is 0 Å². The lowest BCUT2D eigenvalue weighted by Crippen LogP contribution is -2.08. The normalized spacial score (nSPS) is 13.3. The molecule has 1 unspecified atom stereocenters. The summed E-state index contributed by atoms with van der Waals surface area (Å²) in [5.41, 5.74) is 8.29. The second kappa shape index (κ2) is 3.99. The Morgan fingerprint density at radius 2 is 2.20 bits per heavy atom. The van der Waals surface area contributed by atoms with Crippen LogP contribution in [0.4, 0.5) is 0 Å². The Morgan fingerprint density at radius 3 is 2.87 bits per heavy atom. The Labute approximate surface area is 98.2 Å². The first-order valence-electron chi connectivity index (χ1n) is 5.08. The SMILES string of the molecule is CC(CN)c1cn(C)c2c(Br)cccc12. The minimum Gasteiger partial charge on any atom is -0.349 e. The summed E-state index contributed by atoms with van der Waals surface area (Å²) in [4.78, 5) is 0. The Hall–Kier alpha value is -0.800. The van der Waals surface area contributed by atoms with Gasteiger partial charge in [-0.25, -0.2) is 0 Å². The van der Waals surface area contributed by atoms with Crippen LogP contribution in [0.25, 0.3) is 10.9 Å². The fourth-order valence-corrected chi connectivity index (χ4v) is 2.62. The van der Waals surface area contributed by atoms with E-state index in [0.717, 1.165) is 4.47 Å². The molecule has 2 nitrogen and oxygen atoms in total. The predicted molar refractivity (Wildman–Crippen MR) is 68.1 cm³/mol. The summed E-state index contributed by atoms with van der Waals surface area (Å²) < 4.78 is 3.29. The largest absolute Gasteiger partial charge is 0.349 e. The molecular formula is C12H15BrN2. The van der Waals surface area contributed by atoms with Crippen LogP contribution < -0.4 is 5.73 Å². The quantitative estimate of drug-likeness (QED) is 0.890. The maximum atomic E-state index is 5.72. The van der Waals surface area contributed by atoms with E-state index in [1.807, 2.05) is 0 Å². The van der Waals surface area contributed by atoms with E-state index >= 15 is 0 Å². The molecule has 0 fully saturated rings. The van der Waals surface area contributed by atoms with Crippen LogP contribution in [0, 0.1) is 0 Å². The molecule has 0 radical (unpaired) electrons. The molecule has 0 aliphatic rings. The number of rotatable bonds is 2. The maximum absolute atomic E-state index is 5.72. The molecule has 0 spiro atoms. The molecule has 15 heavy (non-hydrogen) atoms. The van der Waals surface area contributed by atoms with Crippen molar-refractivity contribution in [2.24, 2.45) is 12.8 Å². The van der Waals surface area contributed by atoms with Gasteiger partial charge in [0.15, 0.2) is 0 Å². The molecule has 80 valence electrons. The summed E-state index contributed by atoms with van der Waals surface area (Å²) in [5.74, 6) is 0.406. The summed E-state index contributed by atoms with van der Waals surface area (Å²) in [5, 5.41) is 1.30. The molecular weight excluding hydrogens is 252 g/mol. The lowest BCUT2D eigenvalue weighted by Gasteiger charge is -2.06. The van der Waals surface area contributed by atoms with Crippen LogP contribution in [0.1, 0.15) is 18.4 Å². The molecule has 1 atom stereocenters. The smallest absolute Gasteiger partial charge is 0.0625 e. The molecule has 2 rings (SSSR count). The fraction of sp³-hybridized carbons (Fsp3) is 0.333. The third-order valence-corrected chi connectivity index (χ3v) is 3.51. The topological polar surface area (TPSA) is 30.9 Å². The van der Waals surface area contributed by atoms with E-state index in [-0.39, 0.29) is 0 Å². The van der Waals surface area contributed by atoms with Crippen LogP contribution in [-0.2, 0) is 7.05 Å². The molecule has 0 amide bonds. The first-order valence-corrected chi connectivity index (χ1v) is 5.88. The van der Waals surface area contributed by atoms with Gasteiger partial charge in [0.2, 0.25) is 0 Å². The van der Waals surface area contributed by atoms with Gasteiger partial charge in [0.05, 0.1) is 5.52 Å². The molecule has 2 aromatic rings. The van der Waals surface area contributed by atoms with Gasteiger partial charge in [-0.2, -0.15) is 0 Å². The van der Waals surface area contributed by atoms with E-state index in [2.05, 4.69) is 58.9 Å². The van der Waals surface area contributed by atoms with Crippen molar-refractivity contribution < 1.29 is 0 Å². The first-order chi connectivity index (χ1) is 7.15. The third kappa shape index (κ3) is 1.70. The molecule has 0 saturated carbocycles. The van der Waals surface area contributed by atoms with Gasteiger partial charge >= 0.3 is 0 Å². The zero-order valence-corrected chi connectivity index (χ0v) is 10.6. The van der Waals surface area contributed by atoms with Gasteiger partial charge in [0, 0.05) is 23.1 Å². The van der Waals surface area contributed by atoms with Crippen molar-refractivity contribution in [1.29, 1.82) is 0 Å². The number of aromatic nitrogens is 1. The van der Waals surface area contributed by atoms with E-state index < -0.39 is 0 Å². The van der Waals surface area contributed by atoms with Crippen molar-refractivity contribution in [3.8, 4) is 0 Å². The minimum atomic E-state index is 0.406. The number of para-hydroxylation sites is 1. The van der Waals surface area contributed by atoms with E-state index in [0.29, 0.717) is 12.5 Å². The number of benzene rings is 1. The van der Waals surface area contributed by atoms with Gasteiger partial charge in [0.1, 0.15) is 0 Å².